The lowest BCUT2D eigenvalue weighted by molar-refractivity contribution is 0.102. The fourth-order valence-electron chi connectivity index (χ4n) is 1.27. The summed E-state index contributed by atoms with van der Waals surface area (Å²) in [5, 5.41) is 5.67. The van der Waals surface area contributed by atoms with Gasteiger partial charge in [0.25, 0.3) is 5.91 Å². The minimum atomic E-state index is -1.17. The first kappa shape index (κ1) is 12.0. The Hall–Kier alpha value is -2.51. The summed E-state index contributed by atoms with van der Waals surface area (Å²) in [4.78, 5) is 15.4. The highest BCUT2D eigenvalue weighted by molar-refractivity contribution is 6.06. The third-order valence-corrected chi connectivity index (χ3v) is 2.09. The summed E-state index contributed by atoms with van der Waals surface area (Å²) in [6, 6.07) is 1.27. The number of nitrogen functional groups attached to an aromatic ring is 1. The summed E-state index contributed by atoms with van der Waals surface area (Å²) in [5.74, 6) is -2.74. The van der Waals surface area contributed by atoms with E-state index in [-0.39, 0.29) is 17.3 Å². The van der Waals surface area contributed by atoms with E-state index in [1.165, 1.54) is 0 Å². The van der Waals surface area contributed by atoms with Crippen LogP contribution in [-0.2, 0) is 0 Å². The number of aromatic nitrogens is 2. The molecule has 1 amide bonds. The highest BCUT2D eigenvalue weighted by Gasteiger charge is 2.16. The van der Waals surface area contributed by atoms with Gasteiger partial charge in [-0.05, 0) is 13.0 Å². The zero-order valence-electron chi connectivity index (χ0n) is 9.20. The second-order valence-electron chi connectivity index (χ2n) is 3.45. The fraction of sp³-hybridized carbons (Fsp3) is 0.100. The number of halogens is 2. The van der Waals surface area contributed by atoms with Gasteiger partial charge in [0.1, 0.15) is 0 Å². The SMILES string of the molecule is Cc1noc(NC(=O)c2cc(F)c(F)cc2N)n1. The molecule has 0 saturated carbocycles. The van der Waals surface area contributed by atoms with Crippen molar-refractivity contribution in [2.45, 2.75) is 6.92 Å². The maximum absolute atomic E-state index is 13.0. The van der Waals surface area contributed by atoms with Crippen molar-refractivity contribution in [3.63, 3.8) is 0 Å². The molecule has 0 atom stereocenters. The molecule has 0 saturated heterocycles. The lowest BCUT2D eigenvalue weighted by Gasteiger charge is -2.05. The number of rotatable bonds is 2. The lowest BCUT2D eigenvalue weighted by atomic mass is 10.1. The van der Waals surface area contributed by atoms with Gasteiger partial charge in [-0.15, -0.1) is 0 Å². The van der Waals surface area contributed by atoms with Crippen molar-refractivity contribution in [2.24, 2.45) is 0 Å². The first-order chi connectivity index (χ1) is 8.47. The quantitative estimate of drug-likeness (QED) is 0.792. The predicted molar refractivity (Wildman–Crippen MR) is 57.8 cm³/mol. The molecular weight excluding hydrogens is 246 g/mol. The van der Waals surface area contributed by atoms with E-state index in [2.05, 4.69) is 20.0 Å². The number of carbonyl (C=O) groups excluding carboxylic acids is 1. The molecule has 6 nitrogen and oxygen atoms in total. The van der Waals surface area contributed by atoms with Crippen LogP contribution < -0.4 is 11.1 Å². The first-order valence-electron chi connectivity index (χ1n) is 4.83. The Morgan fingerprint density at radius 3 is 2.67 bits per heavy atom. The number of nitrogens with one attached hydrogen (secondary N) is 1. The van der Waals surface area contributed by atoms with Gasteiger partial charge in [-0.1, -0.05) is 5.16 Å². The second kappa shape index (κ2) is 4.40. The number of anilines is 2. The van der Waals surface area contributed by atoms with E-state index in [9.17, 15) is 13.6 Å². The Bertz CT molecular complexity index is 612. The summed E-state index contributed by atoms with van der Waals surface area (Å²) in [7, 11) is 0. The molecule has 0 bridgehead atoms. The minimum Gasteiger partial charge on any atom is -0.398 e. The molecule has 0 spiro atoms. The number of hydrogen-bond acceptors (Lipinski definition) is 5. The van der Waals surface area contributed by atoms with Crippen molar-refractivity contribution in [1.82, 2.24) is 10.1 Å². The molecule has 1 aromatic heterocycles. The predicted octanol–water partition coefficient (Wildman–Crippen LogP) is 1.49. The van der Waals surface area contributed by atoms with Crippen LogP contribution in [-0.4, -0.2) is 16.0 Å². The molecular formula is C10H8F2N4O2. The third kappa shape index (κ3) is 2.26. The van der Waals surface area contributed by atoms with E-state index in [0.717, 1.165) is 6.07 Å². The minimum absolute atomic E-state index is 0.151. The number of aryl methyl sites for hydroxylation is 1. The van der Waals surface area contributed by atoms with E-state index in [0.29, 0.717) is 11.9 Å². The zero-order valence-corrected chi connectivity index (χ0v) is 9.20. The standard InChI is InChI=1S/C10H8F2N4O2/c1-4-14-10(18-16-4)15-9(17)5-2-6(11)7(12)3-8(5)13/h2-3H,13H2,1H3,(H,14,15,16,17). The Kier molecular flexibility index (Phi) is 2.92. The molecule has 8 heteroatoms. The number of amides is 1. The average Bonchev–Trinajstić information content (AvgIpc) is 2.69. The van der Waals surface area contributed by atoms with Crippen LogP contribution in [0.5, 0.6) is 0 Å². The monoisotopic (exact) mass is 254 g/mol. The van der Waals surface area contributed by atoms with Gasteiger partial charge in [0.2, 0.25) is 0 Å². The molecule has 2 aromatic rings. The maximum atomic E-state index is 13.0. The van der Waals surface area contributed by atoms with Crippen molar-refractivity contribution < 1.29 is 18.1 Å². The number of hydrogen-bond donors (Lipinski definition) is 2. The topological polar surface area (TPSA) is 94.0 Å². The van der Waals surface area contributed by atoms with Gasteiger partial charge in [0.15, 0.2) is 17.5 Å². The number of nitrogens with two attached hydrogens (primary N) is 1. The third-order valence-electron chi connectivity index (χ3n) is 2.09. The van der Waals surface area contributed by atoms with E-state index < -0.39 is 17.5 Å². The van der Waals surface area contributed by atoms with Crippen LogP contribution in [0.4, 0.5) is 20.5 Å². The highest BCUT2D eigenvalue weighted by Crippen LogP contribution is 2.18. The van der Waals surface area contributed by atoms with Crippen molar-refractivity contribution in [3.8, 4) is 0 Å². The molecule has 2 rings (SSSR count). The fourth-order valence-corrected chi connectivity index (χ4v) is 1.27. The van der Waals surface area contributed by atoms with Crippen LogP contribution in [0, 0.1) is 18.6 Å². The van der Waals surface area contributed by atoms with Crippen LogP contribution in [0.3, 0.4) is 0 Å². The van der Waals surface area contributed by atoms with Gasteiger partial charge in [-0.3, -0.25) is 10.1 Å². The molecule has 0 unspecified atom stereocenters. The van der Waals surface area contributed by atoms with Gasteiger partial charge in [-0.25, -0.2) is 8.78 Å². The molecule has 0 aliphatic heterocycles. The molecule has 18 heavy (non-hydrogen) atoms. The summed E-state index contributed by atoms with van der Waals surface area (Å²) in [5.41, 5.74) is 5.01. The molecule has 1 aromatic carbocycles. The molecule has 3 N–H and O–H groups in total. The normalized spacial score (nSPS) is 10.4. The number of nitrogens with zero attached hydrogens (tertiary/aromatic N) is 2. The smallest absolute Gasteiger partial charge is 0.328 e. The van der Waals surface area contributed by atoms with Gasteiger partial charge >= 0.3 is 6.01 Å². The first-order valence-corrected chi connectivity index (χ1v) is 4.83. The van der Waals surface area contributed by atoms with Crippen LogP contribution in [0.15, 0.2) is 16.7 Å². The number of benzene rings is 1. The Morgan fingerprint density at radius 1 is 1.39 bits per heavy atom. The largest absolute Gasteiger partial charge is 0.398 e. The van der Waals surface area contributed by atoms with E-state index in [1.807, 2.05) is 0 Å². The maximum Gasteiger partial charge on any atom is 0.328 e. The highest BCUT2D eigenvalue weighted by atomic mass is 19.2. The van der Waals surface area contributed by atoms with Gasteiger partial charge < -0.3 is 10.3 Å². The average molecular weight is 254 g/mol. The van der Waals surface area contributed by atoms with Crippen LogP contribution in [0.2, 0.25) is 0 Å². The van der Waals surface area contributed by atoms with E-state index >= 15 is 0 Å². The lowest BCUT2D eigenvalue weighted by Crippen LogP contribution is -2.15. The summed E-state index contributed by atoms with van der Waals surface area (Å²) in [6.45, 7) is 1.56. The Morgan fingerprint density at radius 2 is 2.06 bits per heavy atom. The van der Waals surface area contributed by atoms with Gasteiger partial charge in [0.05, 0.1) is 5.56 Å². The summed E-state index contributed by atoms with van der Waals surface area (Å²) >= 11 is 0. The zero-order chi connectivity index (χ0) is 13.3. The van der Waals surface area contributed by atoms with Gasteiger partial charge in [0, 0.05) is 11.8 Å². The van der Waals surface area contributed by atoms with Crippen molar-refractivity contribution in [2.75, 3.05) is 11.1 Å². The van der Waals surface area contributed by atoms with Crippen molar-refractivity contribution in [3.05, 3.63) is 35.2 Å². The molecule has 0 radical (unpaired) electrons. The van der Waals surface area contributed by atoms with Crippen LogP contribution in [0.1, 0.15) is 16.2 Å². The molecule has 0 aliphatic rings. The molecule has 94 valence electrons. The van der Waals surface area contributed by atoms with E-state index in [4.69, 9.17) is 5.73 Å². The molecule has 1 heterocycles. The Balaban J connectivity index is 2.26. The van der Waals surface area contributed by atoms with E-state index in [1.54, 1.807) is 6.92 Å². The summed E-state index contributed by atoms with van der Waals surface area (Å²) < 4.78 is 30.5. The van der Waals surface area contributed by atoms with Crippen molar-refractivity contribution in [1.29, 1.82) is 0 Å². The summed E-state index contributed by atoms with van der Waals surface area (Å²) in [6.07, 6.45) is 0. The Labute approximate surface area is 99.8 Å². The van der Waals surface area contributed by atoms with Crippen LogP contribution in [0.25, 0.3) is 0 Å². The second-order valence-corrected chi connectivity index (χ2v) is 3.45. The van der Waals surface area contributed by atoms with Crippen molar-refractivity contribution >= 4 is 17.6 Å². The molecule has 0 fully saturated rings. The molecule has 0 aliphatic carbocycles. The number of carbonyl (C=O) groups is 1. The van der Waals surface area contributed by atoms with Gasteiger partial charge in [-0.2, -0.15) is 4.98 Å². The van der Waals surface area contributed by atoms with Crippen LogP contribution >= 0.6 is 0 Å².